The average Bonchev–Trinajstić information content (AvgIpc) is 3.11. The second-order valence-corrected chi connectivity index (χ2v) is 15.2. The van der Waals surface area contributed by atoms with Gasteiger partial charge in [-0.05, 0) is 95.7 Å². The Morgan fingerprint density at radius 3 is 2.52 bits per heavy atom. The van der Waals surface area contributed by atoms with Gasteiger partial charge in [0.25, 0.3) is 0 Å². The van der Waals surface area contributed by atoms with Crippen molar-refractivity contribution in [3.8, 4) is 0 Å². The van der Waals surface area contributed by atoms with Gasteiger partial charge in [-0.3, -0.25) is 4.79 Å². The molecule has 2 saturated carbocycles. The molecule has 0 unspecified atom stereocenters. The number of hydrogen-bond donors (Lipinski definition) is 0. The van der Waals surface area contributed by atoms with Crippen LogP contribution in [0.15, 0.2) is 11.6 Å². The number of fused-ring (bicyclic) bond motifs is 1. The highest BCUT2D eigenvalue weighted by molar-refractivity contribution is 6.69. The predicted octanol–water partition coefficient (Wildman–Crippen LogP) is 6.27. The molecule has 2 atom stereocenters. The van der Waals surface area contributed by atoms with E-state index < -0.39 is 8.32 Å². The molecule has 142 valence electrons. The highest BCUT2D eigenvalue weighted by Crippen LogP contribution is 2.66. The molecule has 2 fully saturated rings. The second kappa shape index (κ2) is 6.33. The molecule has 0 amide bonds. The highest BCUT2D eigenvalue weighted by Gasteiger charge is 2.57. The van der Waals surface area contributed by atoms with E-state index in [2.05, 4.69) is 46.5 Å². The van der Waals surface area contributed by atoms with E-state index in [1.807, 2.05) is 0 Å². The number of hydrogen-bond acceptors (Lipinski definition) is 2. The smallest absolute Gasteiger partial charge is 0.184 e. The number of ketones is 1. The van der Waals surface area contributed by atoms with Crippen LogP contribution < -0.4 is 0 Å². The van der Waals surface area contributed by atoms with Crippen molar-refractivity contribution in [2.45, 2.75) is 104 Å². The zero-order chi connectivity index (χ0) is 18.5. The molecular weight excluding hydrogens is 324 g/mol. The van der Waals surface area contributed by atoms with Crippen LogP contribution in [-0.4, -0.2) is 19.7 Å². The Kier molecular flexibility index (Phi) is 4.90. The van der Waals surface area contributed by atoms with Crippen LogP contribution in [0.4, 0.5) is 0 Å². The highest BCUT2D eigenvalue weighted by atomic mass is 28.4. The summed E-state index contributed by atoms with van der Waals surface area (Å²) in [5.41, 5.74) is 2.27. The van der Waals surface area contributed by atoms with Crippen molar-refractivity contribution in [1.29, 1.82) is 0 Å². The van der Waals surface area contributed by atoms with E-state index in [0.29, 0.717) is 17.1 Å². The van der Waals surface area contributed by atoms with Crippen molar-refractivity contribution < 1.29 is 9.22 Å². The summed E-state index contributed by atoms with van der Waals surface area (Å²) >= 11 is 0. The summed E-state index contributed by atoms with van der Waals surface area (Å²) in [6, 6.07) is 0. The Labute approximate surface area is 155 Å². The zero-order valence-corrected chi connectivity index (χ0v) is 18.3. The summed E-state index contributed by atoms with van der Waals surface area (Å²) in [6.45, 7) is 13.8. The van der Waals surface area contributed by atoms with Crippen LogP contribution in [0.2, 0.25) is 19.6 Å². The van der Waals surface area contributed by atoms with Gasteiger partial charge in [0.15, 0.2) is 8.32 Å². The number of allylic oxidation sites excluding steroid dienone is 2. The number of carbonyl (C=O) groups is 1. The lowest BCUT2D eigenvalue weighted by Gasteiger charge is -2.41. The van der Waals surface area contributed by atoms with Crippen LogP contribution in [0.5, 0.6) is 0 Å². The Morgan fingerprint density at radius 2 is 1.92 bits per heavy atom. The Bertz CT molecular complexity index is 565. The van der Waals surface area contributed by atoms with Crippen LogP contribution in [0.1, 0.15) is 78.6 Å². The zero-order valence-electron chi connectivity index (χ0n) is 17.3. The van der Waals surface area contributed by atoms with Gasteiger partial charge in [-0.15, -0.1) is 0 Å². The predicted molar refractivity (Wildman–Crippen MR) is 107 cm³/mol. The minimum absolute atomic E-state index is 0.00213. The van der Waals surface area contributed by atoms with Crippen molar-refractivity contribution in [3.63, 3.8) is 0 Å². The molecule has 0 saturated heterocycles. The second-order valence-electron chi connectivity index (χ2n) is 10.8. The first kappa shape index (κ1) is 19.4. The normalized spacial score (nSPS) is 31.7. The molecule has 3 rings (SSSR count). The lowest BCUT2D eigenvalue weighted by molar-refractivity contribution is -0.128. The Morgan fingerprint density at radius 1 is 1.24 bits per heavy atom. The first-order chi connectivity index (χ1) is 11.5. The Hall–Kier alpha value is -0.413. The molecule has 0 spiro atoms. The first-order valence-corrected chi connectivity index (χ1v) is 13.8. The van der Waals surface area contributed by atoms with Crippen LogP contribution in [0.3, 0.4) is 0 Å². The van der Waals surface area contributed by atoms with Crippen molar-refractivity contribution in [2.24, 2.45) is 16.7 Å². The van der Waals surface area contributed by atoms with Crippen molar-refractivity contribution in [3.05, 3.63) is 11.6 Å². The lowest BCUT2D eigenvalue weighted by Crippen LogP contribution is -2.39. The van der Waals surface area contributed by atoms with Crippen LogP contribution in [-0.2, 0) is 9.22 Å². The monoisotopic (exact) mass is 362 g/mol. The van der Waals surface area contributed by atoms with E-state index in [1.54, 1.807) is 5.57 Å². The summed E-state index contributed by atoms with van der Waals surface area (Å²) < 4.78 is 6.39. The maximum Gasteiger partial charge on any atom is 0.184 e. The molecule has 3 heteroatoms. The van der Waals surface area contributed by atoms with Crippen LogP contribution in [0, 0.1) is 16.7 Å². The molecule has 3 aliphatic carbocycles. The Balaban J connectivity index is 1.61. The summed E-state index contributed by atoms with van der Waals surface area (Å²) in [7, 11) is -1.49. The van der Waals surface area contributed by atoms with Crippen LogP contribution >= 0.6 is 0 Å². The molecule has 2 nitrogen and oxygen atoms in total. The van der Waals surface area contributed by atoms with Crippen molar-refractivity contribution >= 4 is 14.1 Å². The van der Waals surface area contributed by atoms with Gasteiger partial charge < -0.3 is 4.43 Å². The summed E-state index contributed by atoms with van der Waals surface area (Å²) in [5.74, 6) is 0.820. The molecule has 25 heavy (non-hydrogen) atoms. The third-order valence-electron chi connectivity index (χ3n) is 6.89. The fraction of sp³-hybridized carbons (Fsp3) is 0.864. The molecule has 0 heterocycles. The standard InChI is InChI=1S/C22H38O2Si/c1-20(2,24-25(4,5)6)12-8-14-22(15-16-22)19-11-10-17-18(23)9-7-13-21(17,19)3/h11,17H,7-10,12-16H2,1-6H3/t17-,21+/m0/s1. The fourth-order valence-corrected chi connectivity index (χ4v) is 7.64. The topological polar surface area (TPSA) is 26.3 Å². The molecular formula is C22H38O2Si. The summed E-state index contributed by atoms with van der Waals surface area (Å²) in [5, 5.41) is 0. The molecule has 0 aromatic rings. The van der Waals surface area contributed by atoms with E-state index in [0.717, 1.165) is 25.7 Å². The minimum atomic E-state index is -1.49. The van der Waals surface area contributed by atoms with Gasteiger partial charge >= 0.3 is 0 Å². The first-order valence-electron chi connectivity index (χ1n) is 10.4. The van der Waals surface area contributed by atoms with E-state index >= 15 is 0 Å². The summed E-state index contributed by atoms with van der Waals surface area (Å²) in [4.78, 5) is 12.4. The van der Waals surface area contributed by atoms with Gasteiger partial charge in [0, 0.05) is 12.3 Å². The van der Waals surface area contributed by atoms with Crippen molar-refractivity contribution in [1.82, 2.24) is 0 Å². The maximum absolute atomic E-state index is 12.4. The molecule has 0 aliphatic heterocycles. The van der Waals surface area contributed by atoms with E-state index in [-0.39, 0.29) is 11.0 Å². The SMILES string of the molecule is CC(C)(CCCC1(C2=CC[C@H]3C(=O)CCC[C@@]23C)CC1)O[Si](C)(C)C. The maximum atomic E-state index is 12.4. The quantitative estimate of drug-likeness (QED) is 0.394. The van der Waals surface area contributed by atoms with E-state index in [1.165, 1.54) is 32.1 Å². The largest absolute Gasteiger partial charge is 0.413 e. The number of rotatable bonds is 7. The molecule has 0 N–H and O–H groups in total. The van der Waals surface area contributed by atoms with Gasteiger partial charge in [-0.1, -0.05) is 18.6 Å². The van der Waals surface area contributed by atoms with Crippen LogP contribution in [0.25, 0.3) is 0 Å². The van der Waals surface area contributed by atoms with Crippen molar-refractivity contribution in [2.75, 3.05) is 0 Å². The van der Waals surface area contributed by atoms with Gasteiger partial charge in [0.1, 0.15) is 5.78 Å². The lowest BCUT2D eigenvalue weighted by atomic mass is 9.62. The van der Waals surface area contributed by atoms with Gasteiger partial charge in [-0.2, -0.15) is 0 Å². The molecule has 0 bridgehead atoms. The fourth-order valence-electron chi connectivity index (χ4n) is 5.88. The van der Waals surface area contributed by atoms with Gasteiger partial charge in [0.05, 0.1) is 5.60 Å². The van der Waals surface area contributed by atoms with E-state index in [4.69, 9.17) is 4.43 Å². The van der Waals surface area contributed by atoms with Gasteiger partial charge in [0.2, 0.25) is 0 Å². The number of carbonyl (C=O) groups excluding carboxylic acids is 1. The molecule has 0 aromatic carbocycles. The molecule has 0 aromatic heterocycles. The molecule has 3 aliphatic rings. The van der Waals surface area contributed by atoms with E-state index in [9.17, 15) is 4.79 Å². The van der Waals surface area contributed by atoms with Gasteiger partial charge in [-0.25, -0.2) is 0 Å². The molecule has 0 radical (unpaired) electrons. The summed E-state index contributed by atoms with van der Waals surface area (Å²) in [6.07, 6.45) is 13.0. The third-order valence-corrected chi connectivity index (χ3v) is 8.06. The average molecular weight is 363 g/mol. The minimum Gasteiger partial charge on any atom is -0.413 e. The third kappa shape index (κ3) is 3.97. The number of Topliss-reactive ketones (excluding diaryl/α,β-unsaturated/α-hetero) is 1.